The largest absolute Gasteiger partial charge is 0.378 e. The standard InChI is InChI=1S/C23H32N4O3S/c1-16-4-5-18-19(14-24)22(31-20(18)13-16)25-21(28)6-8-26-7-2-3-17(15-26)23(29)27-9-11-30-12-10-27/h16-17H,2-13,15H2,1H3,(H,25,28). The maximum Gasteiger partial charge on any atom is 0.227 e. The summed E-state index contributed by atoms with van der Waals surface area (Å²) in [6.45, 7) is 7.14. The minimum Gasteiger partial charge on any atom is -0.378 e. The predicted molar refractivity (Wildman–Crippen MR) is 120 cm³/mol. The molecular weight excluding hydrogens is 412 g/mol. The molecule has 1 aromatic heterocycles. The molecule has 1 aliphatic carbocycles. The fourth-order valence-corrected chi connectivity index (χ4v) is 6.29. The molecule has 2 atom stereocenters. The molecule has 0 spiro atoms. The number of fused-ring (bicyclic) bond motifs is 1. The molecule has 1 aromatic rings. The van der Waals surface area contributed by atoms with Crippen LogP contribution in [0.3, 0.4) is 0 Å². The molecule has 0 radical (unpaired) electrons. The lowest BCUT2D eigenvalue weighted by molar-refractivity contribution is -0.141. The molecule has 2 amide bonds. The Hall–Kier alpha value is -1.95. The molecule has 3 heterocycles. The molecule has 3 aliphatic rings. The van der Waals surface area contributed by atoms with Crippen LogP contribution in [-0.4, -0.2) is 67.6 Å². The van der Waals surface area contributed by atoms with E-state index in [0.29, 0.717) is 55.8 Å². The average Bonchev–Trinajstić information content (AvgIpc) is 3.13. The number of rotatable bonds is 5. The molecule has 2 unspecified atom stereocenters. The molecule has 168 valence electrons. The third-order valence-corrected chi connectivity index (χ3v) is 7.88. The number of thiophene rings is 1. The Labute approximate surface area is 188 Å². The second-order valence-electron chi connectivity index (χ2n) is 9.04. The van der Waals surface area contributed by atoms with Crippen molar-refractivity contribution < 1.29 is 14.3 Å². The van der Waals surface area contributed by atoms with Gasteiger partial charge in [-0.25, -0.2) is 0 Å². The second-order valence-corrected chi connectivity index (χ2v) is 10.1. The summed E-state index contributed by atoms with van der Waals surface area (Å²) in [5.41, 5.74) is 1.80. The number of nitrogens with zero attached hydrogens (tertiary/aromatic N) is 3. The van der Waals surface area contributed by atoms with E-state index in [1.165, 1.54) is 4.88 Å². The minimum absolute atomic E-state index is 0.0195. The van der Waals surface area contributed by atoms with Gasteiger partial charge in [0.15, 0.2) is 0 Å². The van der Waals surface area contributed by atoms with Crippen molar-refractivity contribution in [3.8, 4) is 6.07 Å². The number of carbonyl (C=O) groups excluding carboxylic acids is 2. The smallest absolute Gasteiger partial charge is 0.227 e. The first-order valence-corrected chi connectivity index (χ1v) is 12.3. The fraction of sp³-hybridized carbons (Fsp3) is 0.696. The Kier molecular flexibility index (Phi) is 7.26. The van der Waals surface area contributed by atoms with Crippen molar-refractivity contribution in [2.75, 3.05) is 51.3 Å². The van der Waals surface area contributed by atoms with E-state index in [1.807, 2.05) is 4.90 Å². The topological polar surface area (TPSA) is 85.7 Å². The van der Waals surface area contributed by atoms with Crippen LogP contribution >= 0.6 is 11.3 Å². The summed E-state index contributed by atoms with van der Waals surface area (Å²) in [5, 5.41) is 13.3. The Morgan fingerprint density at radius 3 is 2.84 bits per heavy atom. The third kappa shape index (κ3) is 5.28. The van der Waals surface area contributed by atoms with Crippen LogP contribution in [-0.2, 0) is 27.2 Å². The van der Waals surface area contributed by atoms with Crippen molar-refractivity contribution in [3.05, 3.63) is 16.0 Å². The van der Waals surface area contributed by atoms with E-state index in [1.54, 1.807) is 11.3 Å². The first kappa shape index (κ1) is 22.3. The van der Waals surface area contributed by atoms with E-state index in [4.69, 9.17) is 4.74 Å². The van der Waals surface area contributed by atoms with Gasteiger partial charge in [-0.05, 0) is 50.1 Å². The van der Waals surface area contributed by atoms with E-state index < -0.39 is 0 Å². The van der Waals surface area contributed by atoms with E-state index in [-0.39, 0.29) is 17.7 Å². The van der Waals surface area contributed by atoms with E-state index in [2.05, 4.69) is 23.2 Å². The molecule has 7 nitrogen and oxygen atoms in total. The SMILES string of the molecule is CC1CCc2c(sc(NC(=O)CCN3CCCC(C(=O)N4CCOCC4)C3)c2C#N)C1. The van der Waals surface area contributed by atoms with Crippen LogP contribution < -0.4 is 5.32 Å². The van der Waals surface area contributed by atoms with Crippen LogP contribution in [0.2, 0.25) is 0 Å². The van der Waals surface area contributed by atoms with Gasteiger partial charge in [0.05, 0.1) is 24.7 Å². The van der Waals surface area contributed by atoms with Gasteiger partial charge < -0.3 is 19.9 Å². The zero-order chi connectivity index (χ0) is 21.8. The van der Waals surface area contributed by atoms with Gasteiger partial charge >= 0.3 is 0 Å². The Balaban J connectivity index is 1.29. The predicted octanol–water partition coefficient (Wildman–Crippen LogP) is 2.64. The summed E-state index contributed by atoms with van der Waals surface area (Å²) in [4.78, 5) is 30.9. The van der Waals surface area contributed by atoms with E-state index >= 15 is 0 Å². The van der Waals surface area contributed by atoms with Gasteiger partial charge in [0, 0.05) is 37.5 Å². The number of hydrogen-bond donors (Lipinski definition) is 1. The summed E-state index contributed by atoms with van der Waals surface area (Å²) in [5.74, 6) is 0.832. The molecule has 2 saturated heterocycles. The highest BCUT2D eigenvalue weighted by Crippen LogP contribution is 2.39. The average molecular weight is 445 g/mol. The molecule has 8 heteroatoms. The first-order chi connectivity index (χ1) is 15.0. The molecule has 2 aliphatic heterocycles. The Morgan fingerprint density at radius 1 is 1.26 bits per heavy atom. The van der Waals surface area contributed by atoms with Crippen LogP contribution in [0.25, 0.3) is 0 Å². The lowest BCUT2D eigenvalue weighted by atomic mass is 9.89. The van der Waals surface area contributed by atoms with Gasteiger partial charge in [0.1, 0.15) is 11.1 Å². The quantitative estimate of drug-likeness (QED) is 0.755. The lowest BCUT2D eigenvalue weighted by Crippen LogP contribution is -2.48. The van der Waals surface area contributed by atoms with Crippen LogP contribution in [0.4, 0.5) is 5.00 Å². The summed E-state index contributed by atoms with van der Waals surface area (Å²) in [6, 6.07) is 2.31. The normalized spacial score (nSPS) is 24.3. The first-order valence-electron chi connectivity index (χ1n) is 11.5. The molecular formula is C23H32N4O3S. The summed E-state index contributed by atoms with van der Waals surface area (Å²) in [7, 11) is 0. The number of likely N-dealkylation sites (tertiary alicyclic amines) is 1. The highest BCUT2D eigenvalue weighted by atomic mass is 32.1. The molecule has 0 aromatic carbocycles. The van der Waals surface area contributed by atoms with Crippen LogP contribution in [0.15, 0.2) is 0 Å². The van der Waals surface area contributed by atoms with Crippen molar-refractivity contribution in [2.45, 2.75) is 45.4 Å². The van der Waals surface area contributed by atoms with Crippen molar-refractivity contribution in [2.24, 2.45) is 11.8 Å². The van der Waals surface area contributed by atoms with Gasteiger partial charge in [0.25, 0.3) is 0 Å². The van der Waals surface area contributed by atoms with Crippen LogP contribution in [0.5, 0.6) is 0 Å². The molecule has 4 rings (SSSR count). The number of carbonyl (C=O) groups is 2. The maximum atomic E-state index is 12.8. The lowest BCUT2D eigenvalue weighted by Gasteiger charge is -2.36. The van der Waals surface area contributed by atoms with Crippen molar-refractivity contribution in [3.63, 3.8) is 0 Å². The highest BCUT2D eigenvalue weighted by molar-refractivity contribution is 7.16. The number of nitriles is 1. The maximum absolute atomic E-state index is 12.8. The second kappa shape index (κ2) is 10.1. The summed E-state index contributed by atoms with van der Waals surface area (Å²) < 4.78 is 5.35. The number of anilines is 1. The zero-order valence-corrected chi connectivity index (χ0v) is 19.1. The summed E-state index contributed by atoms with van der Waals surface area (Å²) >= 11 is 1.57. The fourth-order valence-electron chi connectivity index (χ4n) is 4.91. The zero-order valence-electron chi connectivity index (χ0n) is 18.3. The molecule has 31 heavy (non-hydrogen) atoms. The van der Waals surface area contributed by atoms with Crippen LogP contribution in [0.1, 0.15) is 48.6 Å². The number of hydrogen-bond acceptors (Lipinski definition) is 6. The number of piperidine rings is 1. The minimum atomic E-state index is -0.0511. The number of amides is 2. The van der Waals surface area contributed by atoms with Gasteiger partial charge in [-0.2, -0.15) is 5.26 Å². The molecule has 0 saturated carbocycles. The number of ether oxygens (including phenoxy) is 1. The van der Waals surface area contributed by atoms with Gasteiger partial charge in [-0.15, -0.1) is 11.3 Å². The Bertz CT molecular complexity index is 856. The third-order valence-electron chi connectivity index (χ3n) is 6.71. The molecule has 0 bridgehead atoms. The van der Waals surface area contributed by atoms with Crippen molar-refractivity contribution >= 4 is 28.2 Å². The van der Waals surface area contributed by atoms with Gasteiger partial charge in [-0.1, -0.05) is 6.92 Å². The highest BCUT2D eigenvalue weighted by Gasteiger charge is 2.30. The van der Waals surface area contributed by atoms with E-state index in [0.717, 1.165) is 50.8 Å². The van der Waals surface area contributed by atoms with Crippen LogP contribution in [0, 0.1) is 23.2 Å². The summed E-state index contributed by atoms with van der Waals surface area (Å²) in [6.07, 6.45) is 5.31. The number of nitrogens with one attached hydrogen (secondary N) is 1. The molecule has 1 N–H and O–H groups in total. The molecule has 2 fully saturated rings. The van der Waals surface area contributed by atoms with Gasteiger partial charge in [0.2, 0.25) is 11.8 Å². The monoisotopic (exact) mass is 444 g/mol. The van der Waals surface area contributed by atoms with Gasteiger partial charge in [-0.3, -0.25) is 9.59 Å². The Morgan fingerprint density at radius 2 is 2.06 bits per heavy atom. The van der Waals surface area contributed by atoms with E-state index in [9.17, 15) is 14.9 Å². The van der Waals surface area contributed by atoms with Crippen molar-refractivity contribution in [1.82, 2.24) is 9.80 Å². The number of morpholine rings is 1. The van der Waals surface area contributed by atoms with Crippen molar-refractivity contribution in [1.29, 1.82) is 5.26 Å².